The van der Waals surface area contributed by atoms with Crippen LogP contribution in [-0.2, 0) is 0 Å². The van der Waals surface area contributed by atoms with Crippen molar-refractivity contribution in [3.8, 4) is 0 Å². The van der Waals surface area contributed by atoms with E-state index in [2.05, 4.69) is 4.99 Å². The Balaban J connectivity index is 2.79. The van der Waals surface area contributed by atoms with Gasteiger partial charge in [-0.3, -0.25) is 5.73 Å². The molecule has 0 atom stereocenters. The molecule has 0 aliphatic rings. The first kappa shape index (κ1) is 8.14. The minimum atomic E-state index is 0.719. The topological polar surface area (TPSA) is 40.0 Å². The molecule has 1 rings (SSSR count). The maximum Gasteiger partial charge on any atom is 0.306 e. The van der Waals surface area contributed by atoms with Gasteiger partial charge in [0.25, 0.3) is 0 Å². The van der Waals surface area contributed by atoms with Gasteiger partial charge in [-0.25, -0.2) is 4.99 Å². The number of nitrogens with two attached hydrogens (primary N) is 1. The highest BCUT2D eigenvalue weighted by atomic mass is 32.2. The molecule has 11 heavy (non-hydrogen) atoms. The van der Waals surface area contributed by atoms with Gasteiger partial charge in [0.05, 0.1) is 0 Å². The molecule has 0 radical (unpaired) electrons. The number of benzene rings is 1. The normalized spacial score (nSPS) is 11.5. The molecule has 1 aromatic carbocycles. The number of nitrogens with one attached hydrogen (secondary N) is 1. The van der Waals surface area contributed by atoms with Crippen LogP contribution in [0.3, 0.4) is 0 Å². The lowest BCUT2D eigenvalue weighted by atomic mass is 10.3. The lowest BCUT2D eigenvalue weighted by molar-refractivity contribution is -0.351. The Morgan fingerprint density at radius 1 is 1.36 bits per heavy atom. The molecular weight excluding hydrogens is 156 g/mol. The van der Waals surface area contributed by atoms with Crippen molar-refractivity contribution < 1.29 is 4.99 Å². The number of thioether (sulfide) groups is 1. The van der Waals surface area contributed by atoms with Crippen LogP contribution >= 0.6 is 11.8 Å². The minimum absolute atomic E-state index is 0.719. The summed E-state index contributed by atoms with van der Waals surface area (Å²) in [6, 6.07) is 9.86. The van der Waals surface area contributed by atoms with E-state index < -0.39 is 0 Å². The molecule has 3 N–H and O–H groups in total. The average molecular weight is 167 g/mol. The van der Waals surface area contributed by atoms with E-state index in [1.165, 1.54) is 11.8 Å². The Bertz CT molecular complexity index is 244. The molecule has 0 aliphatic carbocycles. The fraction of sp³-hybridized carbons (Fsp3) is 0.125. The van der Waals surface area contributed by atoms with Gasteiger partial charge in [0.2, 0.25) is 0 Å². The van der Waals surface area contributed by atoms with Crippen LogP contribution in [0.4, 0.5) is 5.69 Å². The Morgan fingerprint density at radius 2 is 2.00 bits per heavy atom. The first-order chi connectivity index (χ1) is 5.33. The molecule has 0 aromatic heterocycles. The van der Waals surface area contributed by atoms with Crippen molar-refractivity contribution in [2.45, 2.75) is 0 Å². The Hall–Kier alpha value is -0.960. The molecule has 3 heteroatoms. The van der Waals surface area contributed by atoms with Gasteiger partial charge in [-0.2, -0.15) is 0 Å². The SMILES string of the molecule is CSC(N)=[NH+]c1ccccc1. The van der Waals surface area contributed by atoms with Crippen LogP contribution < -0.4 is 10.7 Å². The maximum atomic E-state index is 5.57. The second-order valence-electron chi connectivity index (χ2n) is 2.06. The molecule has 0 aliphatic heterocycles. The molecular formula is C8H11N2S+. The molecule has 0 amide bonds. The zero-order valence-corrected chi connectivity index (χ0v) is 7.19. The Labute approximate surface area is 70.5 Å². The smallest absolute Gasteiger partial charge is 0.281 e. The first-order valence-electron chi connectivity index (χ1n) is 3.31. The van der Waals surface area contributed by atoms with E-state index in [0.717, 1.165) is 10.9 Å². The van der Waals surface area contributed by atoms with Gasteiger partial charge < -0.3 is 0 Å². The van der Waals surface area contributed by atoms with Gasteiger partial charge >= 0.3 is 5.17 Å². The van der Waals surface area contributed by atoms with Crippen LogP contribution in [0.1, 0.15) is 0 Å². The van der Waals surface area contributed by atoms with Crippen molar-refractivity contribution >= 4 is 22.6 Å². The zero-order chi connectivity index (χ0) is 8.10. The fourth-order valence-electron chi connectivity index (χ4n) is 0.715. The summed E-state index contributed by atoms with van der Waals surface area (Å²) in [4.78, 5) is 3.05. The number of rotatable bonds is 1. The summed E-state index contributed by atoms with van der Waals surface area (Å²) in [5.74, 6) is 0. The summed E-state index contributed by atoms with van der Waals surface area (Å²) in [6.07, 6.45) is 1.94. The van der Waals surface area contributed by atoms with Crippen molar-refractivity contribution in [2.75, 3.05) is 6.26 Å². The van der Waals surface area contributed by atoms with E-state index in [0.29, 0.717) is 0 Å². The third kappa shape index (κ3) is 2.63. The molecule has 2 nitrogen and oxygen atoms in total. The van der Waals surface area contributed by atoms with E-state index in [4.69, 9.17) is 5.73 Å². The van der Waals surface area contributed by atoms with E-state index >= 15 is 0 Å². The van der Waals surface area contributed by atoms with Crippen molar-refractivity contribution in [3.05, 3.63) is 30.3 Å². The second kappa shape index (κ2) is 4.03. The van der Waals surface area contributed by atoms with Crippen molar-refractivity contribution in [1.29, 1.82) is 0 Å². The maximum absolute atomic E-state index is 5.57. The van der Waals surface area contributed by atoms with Gasteiger partial charge in [-0.1, -0.05) is 18.2 Å². The number of hydrogen-bond donors (Lipinski definition) is 2. The van der Waals surface area contributed by atoms with Crippen LogP contribution in [0.2, 0.25) is 0 Å². The molecule has 0 bridgehead atoms. The summed E-state index contributed by atoms with van der Waals surface area (Å²) < 4.78 is 0. The van der Waals surface area contributed by atoms with Crippen LogP contribution in [0.5, 0.6) is 0 Å². The highest BCUT2D eigenvalue weighted by Gasteiger charge is 1.94. The third-order valence-electron chi connectivity index (χ3n) is 1.26. The van der Waals surface area contributed by atoms with Crippen molar-refractivity contribution in [2.24, 2.45) is 5.73 Å². The minimum Gasteiger partial charge on any atom is -0.281 e. The summed E-state index contributed by atoms with van der Waals surface area (Å²) >= 11 is 1.50. The molecule has 0 saturated heterocycles. The van der Waals surface area contributed by atoms with Gasteiger partial charge in [0.15, 0.2) is 0 Å². The molecule has 1 aromatic rings. The predicted molar refractivity (Wildman–Crippen MR) is 49.8 cm³/mol. The van der Waals surface area contributed by atoms with Gasteiger partial charge in [0.1, 0.15) is 5.69 Å². The molecule has 0 heterocycles. The number of hydrogen-bond acceptors (Lipinski definition) is 1. The molecule has 0 fully saturated rings. The van der Waals surface area contributed by atoms with Crippen LogP contribution in [-0.4, -0.2) is 11.4 Å². The van der Waals surface area contributed by atoms with Crippen LogP contribution in [0.25, 0.3) is 0 Å². The quantitative estimate of drug-likeness (QED) is 0.459. The largest absolute Gasteiger partial charge is 0.306 e. The van der Waals surface area contributed by atoms with Gasteiger partial charge in [-0.15, -0.1) is 0 Å². The Morgan fingerprint density at radius 3 is 2.55 bits per heavy atom. The van der Waals surface area contributed by atoms with Crippen molar-refractivity contribution in [3.63, 3.8) is 0 Å². The summed E-state index contributed by atoms with van der Waals surface area (Å²) in [5, 5.41) is 0.719. The van der Waals surface area contributed by atoms with Crippen molar-refractivity contribution in [1.82, 2.24) is 0 Å². The molecule has 0 unspecified atom stereocenters. The number of para-hydroxylation sites is 1. The summed E-state index contributed by atoms with van der Waals surface area (Å²) in [5.41, 5.74) is 6.60. The molecule has 0 saturated carbocycles. The highest BCUT2D eigenvalue weighted by molar-refractivity contribution is 8.12. The first-order valence-corrected chi connectivity index (χ1v) is 4.54. The summed E-state index contributed by atoms with van der Waals surface area (Å²) in [6.45, 7) is 0. The second-order valence-corrected chi connectivity index (χ2v) is 2.91. The standard InChI is InChI=1S/C8H10N2S/c1-11-8(9)10-7-5-3-2-4-6-7/h2-6H,1H3,(H2,9,10)/p+1. The lowest BCUT2D eigenvalue weighted by Gasteiger charge is -1.89. The van der Waals surface area contributed by atoms with Crippen LogP contribution in [0, 0.1) is 0 Å². The van der Waals surface area contributed by atoms with E-state index in [1.807, 2.05) is 36.6 Å². The Kier molecular flexibility index (Phi) is 2.98. The predicted octanol–water partition coefficient (Wildman–Crippen LogP) is 0.0764. The average Bonchev–Trinajstić information content (AvgIpc) is 2.06. The van der Waals surface area contributed by atoms with Crippen LogP contribution in [0.15, 0.2) is 30.3 Å². The fourth-order valence-corrected chi connectivity index (χ4v) is 0.935. The highest BCUT2D eigenvalue weighted by Crippen LogP contribution is 1.95. The molecule has 0 spiro atoms. The molecule has 58 valence electrons. The van der Waals surface area contributed by atoms with Gasteiger partial charge in [-0.05, 0) is 30.2 Å². The van der Waals surface area contributed by atoms with E-state index in [1.54, 1.807) is 0 Å². The lowest BCUT2D eigenvalue weighted by Crippen LogP contribution is -2.68. The monoisotopic (exact) mass is 167 g/mol. The third-order valence-corrected chi connectivity index (χ3v) is 1.80. The van der Waals surface area contributed by atoms with E-state index in [-0.39, 0.29) is 0 Å². The summed E-state index contributed by atoms with van der Waals surface area (Å²) in [7, 11) is 0. The van der Waals surface area contributed by atoms with Gasteiger partial charge in [0, 0.05) is 0 Å². The number of amidine groups is 1. The zero-order valence-electron chi connectivity index (χ0n) is 6.37. The van der Waals surface area contributed by atoms with E-state index in [9.17, 15) is 0 Å².